The van der Waals surface area contributed by atoms with E-state index in [9.17, 15) is 4.79 Å². The van der Waals surface area contributed by atoms with Crippen LogP contribution in [0.15, 0.2) is 42.5 Å². The molecule has 0 atom stereocenters. The quantitative estimate of drug-likeness (QED) is 0.629. The average Bonchev–Trinajstić information content (AvgIpc) is 2.45. The summed E-state index contributed by atoms with van der Waals surface area (Å²) < 4.78 is 36.0. The van der Waals surface area contributed by atoms with Gasteiger partial charge in [0.05, 0.1) is 0 Å². The third-order valence-corrected chi connectivity index (χ3v) is 3.24. The van der Waals surface area contributed by atoms with Crippen LogP contribution in [0.2, 0.25) is 0 Å². The summed E-state index contributed by atoms with van der Waals surface area (Å²) in [6.45, 7) is 4.55. The van der Waals surface area contributed by atoms with Crippen LogP contribution in [-0.4, -0.2) is 11.1 Å². The predicted octanol–water partition coefficient (Wildman–Crippen LogP) is -2.02. The van der Waals surface area contributed by atoms with Crippen LogP contribution in [0.25, 0.3) is 11.1 Å². The monoisotopic (exact) mass is 355 g/mol. The van der Waals surface area contributed by atoms with Crippen molar-refractivity contribution in [2.45, 2.75) is 26.8 Å². The number of carboxylic acids is 1. The molecule has 0 aliphatic heterocycles. The van der Waals surface area contributed by atoms with Gasteiger partial charge in [-0.25, -0.2) is 18.6 Å². The van der Waals surface area contributed by atoms with Crippen LogP contribution in [0.5, 0.6) is 0 Å². The number of benzene rings is 1. The van der Waals surface area contributed by atoms with Crippen molar-refractivity contribution >= 4 is 5.97 Å². The molecule has 1 aromatic carbocycles. The van der Waals surface area contributed by atoms with E-state index >= 15 is 0 Å². The number of hydrogen-bond donors (Lipinski definition) is 1. The minimum Gasteiger partial charge on any atom is -0.481 e. The van der Waals surface area contributed by atoms with Crippen LogP contribution >= 0.6 is 0 Å². The molecule has 0 amide bonds. The van der Waals surface area contributed by atoms with Crippen molar-refractivity contribution in [3.8, 4) is 11.1 Å². The smallest absolute Gasteiger partial charge is 0.309 e. The Morgan fingerprint density at radius 1 is 1.00 bits per heavy atom. The lowest BCUT2D eigenvalue weighted by Crippen LogP contribution is -2.68. The molecule has 1 N–H and O–H groups in total. The summed E-state index contributed by atoms with van der Waals surface area (Å²) in [5, 5.41) is 8.78. The first kappa shape index (κ1) is 20.0. The van der Waals surface area contributed by atoms with Crippen molar-refractivity contribution in [2.24, 2.45) is 0 Å². The van der Waals surface area contributed by atoms with E-state index in [0.717, 1.165) is 11.4 Å². The topological polar surface area (TPSA) is 133 Å². The van der Waals surface area contributed by atoms with Gasteiger partial charge in [-0.05, 0) is 11.1 Å². The van der Waals surface area contributed by atoms with E-state index in [1.54, 1.807) is 0 Å². The SMILES string of the molecule is Cc1cc(-c2ccccc2)cc(C)[n+]1CCC(=O)O.[O-][Cl+3]([O-])([O-])[O-]. The number of hydrogen-bond acceptors (Lipinski definition) is 5. The Kier molecular flexibility index (Phi) is 7.27. The molecule has 0 aliphatic rings. The summed E-state index contributed by atoms with van der Waals surface area (Å²) in [7, 11) is -4.94. The van der Waals surface area contributed by atoms with Gasteiger partial charge >= 0.3 is 5.97 Å². The first-order valence-corrected chi connectivity index (χ1v) is 8.21. The zero-order valence-corrected chi connectivity index (χ0v) is 14.0. The van der Waals surface area contributed by atoms with E-state index in [4.69, 9.17) is 23.7 Å². The number of rotatable bonds is 4. The van der Waals surface area contributed by atoms with Crippen molar-refractivity contribution < 1.29 is 43.3 Å². The maximum Gasteiger partial charge on any atom is 0.309 e. The first-order valence-electron chi connectivity index (χ1n) is 6.98. The fraction of sp³-hybridized carbons (Fsp3) is 0.250. The van der Waals surface area contributed by atoms with E-state index < -0.39 is 16.2 Å². The maximum atomic E-state index is 10.7. The van der Waals surface area contributed by atoms with Crippen LogP contribution in [0.4, 0.5) is 0 Å². The summed E-state index contributed by atoms with van der Waals surface area (Å²) in [6.07, 6.45) is 0.150. The lowest BCUT2D eigenvalue weighted by Gasteiger charge is -2.17. The first-order chi connectivity index (χ1) is 11.1. The van der Waals surface area contributed by atoms with Gasteiger partial charge in [-0.1, -0.05) is 30.3 Å². The van der Waals surface area contributed by atoms with Crippen molar-refractivity contribution in [2.75, 3.05) is 0 Å². The van der Waals surface area contributed by atoms with Crippen molar-refractivity contribution in [3.05, 3.63) is 53.9 Å². The minimum absolute atomic E-state index is 0.150. The normalized spacial score (nSPS) is 10.8. The van der Waals surface area contributed by atoms with Gasteiger partial charge in [0.2, 0.25) is 0 Å². The van der Waals surface area contributed by atoms with Gasteiger partial charge in [0.1, 0.15) is 6.42 Å². The molecule has 0 unspecified atom stereocenters. The molecule has 0 fully saturated rings. The van der Waals surface area contributed by atoms with Crippen LogP contribution in [-0.2, 0) is 11.3 Å². The zero-order chi connectivity index (χ0) is 18.3. The second kappa shape index (κ2) is 8.72. The Bertz CT molecular complexity index is 656. The molecule has 7 nitrogen and oxygen atoms in total. The van der Waals surface area contributed by atoms with E-state index in [1.807, 2.05) is 36.6 Å². The van der Waals surface area contributed by atoms with E-state index in [0.29, 0.717) is 6.54 Å². The van der Waals surface area contributed by atoms with Gasteiger partial charge in [0, 0.05) is 26.0 Å². The molecule has 130 valence electrons. The van der Waals surface area contributed by atoms with Crippen molar-refractivity contribution in [1.29, 1.82) is 0 Å². The molecular weight excluding hydrogens is 338 g/mol. The second-order valence-electron chi connectivity index (χ2n) is 5.07. The molecule has 24 heavy (non-hydrogen) atoms. The van der Waals surface area contributed by atoms with Crippen LogP contribution < -0.4 is 23.2 Å². The fourth-order valence-electron chi connectivity index (χ4n) is 2.28. The number of aryl methyl sites for hydroxylation is 2. The maximum absolute atomic E-state index is 10.7. The molecule has 1 heterocycles. The molecule has 0 spiro atoms. The highest BCUT2D eigenvalue weighted by Gasteiger charge is 2.14. The Hall–Kier alpha value is -2.03. The molecule has 0 saturated carbocycles. The van der Waals surface area contributed by atoms with Gasteiger partial charge in [-0.3, -0.25) is 4.79 Å². The van der Waals surface area contributed by atoms with Gasteiger partial charge < -0.3 is 5.11 Å². The second-order valence-corrected chi connectivity index (χ2v) is 5.82. The molecular formula is C16H18ClNO6. The lowest BCUT2D eigenvalue weighted by atomic mass is 10.0. The number of carbonyl (C=O) groups is 1. The minimum atomic E-state index is -4.94. The largest absolute Gasteiger partial charge is 0.481 e. The van der Waals surface area contributed by atoms with Crippen LogP contribution in [0.1, 0.15) is 17.8 Å². The molecule has 0 bridgehead atoms. The molecule has 0 saturated heterocycles. The summed E-state index contributed by atoms with van der Waals surface area (Å²) >= 11 is 0. The Morgan fingerprint density at radius 3 is 1.88 bits per heavy atom. The Balaban J connectivity index is 0.000000505. The number of pyridine rings is 1. The van der Waals surface area contributed by atoms with Gasteiger partial charge in [0.25, 0.3) is 0 Å². The Labute approximate surface area is 141 Å². The standard InChI is InChI=1S/C16H17NO2.ClHO4/c1-12-10-15(14-6-4-3-5-7-14)11-13(2)17(12)9-8-16(18)19;2-1(3,4)5/h3-7,10-11H,8-9H2,1-2H3;(H,2,3,4,5). The number of aliphatic carboxylic acids is 1. The molecule has 8 heteroatoms. The molecule has 1 aromatic heterocycles. The fourth-order valence-corrected chi connectivity index (χ4v) is 2.28. The summed E-state index contributed by atoms with van der Waals surface area (Å²) in [5.41, 5.74) is 4.52. The van der Waals surface area contributed by atoms with E-state index in [-0.39, 0.29) is 6.42 Å². The number of aromatic nitrogens is 1. The van der Waals surface area contributed by atoms with Crippen molar-refractivity contribution in [3.63, 3.8) is 0 Å². The lowest BCUT2D eigenvalue weighted by molar-refractivity contribution is -2.00. The highest BCUT2D eigenvalue weighted by Crippen LogP contribution is 2.19. The Morgan fingerprint density at radius 2 is 1.46 bits per heavy atom. The predicted molar refractivity (Wildman–Crippen MR) is 73.8 cm³/mol. The summed E-state index contributed by atoms with van der Waals surface area (Å²) in [6, 6.07) is 14.4. The highest BCUT2D eigenvalue weighted by atomic mass is 35.7. The summed E-state index contributed by atoms with van der Waals surface area (Å²) in [4.78, 5) is 10.7. The summed E-state index contributed by atoms with van der Waals surface area (Å²) in [5.74, 6) is -0.765. The van der Waals surface area contributed by atoms with E-state index in [2.05, 4.69) is 24.3 Å². The van der Waals surface area contributed by atoms with Crippen LogP contribution in [0, 0.1) is 24.1 Å². The third kappa shape index (κ3) is 7.49. The molecule has 0 radical (unpaired) electrons. The van der Waals surface area contributed by atoms with Gasteiger partial charge in [-0.2, -0.15) is 4.57 Å². The molecule has 2 aromatic rings. The highest BCUT2D eigenvalue weighted by molar-refractivity contribution is 5.66. The number of nitrogens with zero attached hydrogens (tertiary/aromatic N) is 1. The van der Waals surface area contributed by atoms with E-state index in [1.165, 1.54) is 11.1 Å². The van der Waals surface area contributed by atoms with Crippen molar-refractivity contribution in [1.82, 2.24) is 0 Å². The van der Waals surface area contributed by atoms with Gasteiger partial charge in [0.15, 0.2) is 17.9 Å². The van der Waals surface area contributed by atoms with Gasteiger partial charge in [-0.15, -0.1) is 10.2 Å². The molecule has 0 aliphatic carbocycles. The number of carboxylic acid groups (broad SMARTS) is 1. The molecule has 2 rings (SSSR count). The number of halogens is 1. The third-order valence-electron chi connectivity index (χ3n) is 3.24. The zero-order valence-electron chi connectivity index (χ0n) is 13.3. The van der Waals surface area contributed by atoms with Crippen LogP contribution in [0.3, 0.4) is 0 Å². The average molecular weight is 356 g/mol.